The van der Waals surface area contributed by atoms with Gasteiger partial charge in [-0.15, -0.1) is 5.46 Å². The normalized spacial score (nSPS) is 11.1. The van der Waals surface area contributed by atoms with Gasteiger partial charge in [0.25, 0.3) is 0 Å². The molecule has 0 aliphatic rings. The van der Waals surface area contributed by atoms with Gasteiger partial charge in [-0.2, -0.15) is 0 Å². The van der Waals surface area contributed by atoms with E-state index in [1.165, 1.54) is 21.2 Å². The molecule has 6 aromatic rings. The molecular weight excluding hydrogens is 852 g/mol. The summed E-state index contributed by atoms with van der Waals surface area (Å²) in [6, 6.07) is 20.4. The fourth-order valence-electron chi connectivity index (χ4n) is 5.62. The summed E-state index contributed by atoms with van der Waals surface area (Å²) in [7, 11) is 4.56. The standard InChI is InChI=1S/C24H2BF15O3.2C8H11N/c26-9-4(10(27)16(33)21(38)15(9)32)2-1-3(25(42)43)5(7-11(28)17(34)22(39)18(35)12(7)29)6(24(2)41)8-13(30)19(36)23(40)20(37)14(8)31;2*1-9(2)8-6-4-3-5-7-8/h1,41H;2*3-7H,1-2H3/q-2;;/p+2. The molecule has 0 spiro atoms. The summed E-state index contributed by atoms with van der Waals surface area (Å²) in [5, 5.41) is 34.8. The summed E-state index contributed by atoms with van der Waals surface area (Å²) in [4.78, 5) is 2.74. The summed E-state index contributed by atoms with van der Waals surface area (Å²) in [6.45, 7) is 0. The van der Waals surface area contributed by atoms with Crippen molar-refractivity contribution >= 4 is 24.0 Å². The highest BCUT2D eigenvalue weighted by Crippen LogP contribution is 2.49. The van der Waals surface area contributed by atoms with Gasteiger partial charge < -0.3 is 25.0 Å². The van der Waals surface area contributed by atoms with Gasteiger partial charge in [0.1, 0.15) is 17.1 Å². The monoisotopic (exact) mass is 878 g/mol. The second kappa shape index (κ2) is 19.1. The van der Waals surface area contributed by atoms with Crippen molar-refractivity contribution in [3.8, 4) is 39.1 Å². The van der Waals surface area contributed by atoms with Crippen LogP contribution in [0, 0.1) is 87.3 Å². The van der Waals surface area contributed by atoms with E-state index in [9.17, 15) is 81.0 Å². The number of quaternary nitrogens is 2. The van der Waals surface area contributed by atoms with Crippen LogP contribution in [0.2, 0.25) is 0 Å². The number of phenolic OH excluding ortho intramolecular Hbond substituents is 1. The first kappa shape index (κ1) is 47.7. The lowest BCUT2D eigenvalue weighted by Gasteiger charge is -2.33. The highest BCUT2D eigenvalue weighted by atomic mass is 19.2. The Balaban J connectivity index is 0.000000371. The Kier molecular flexibility index (Phi) is 14.9. The van der Waals surface area contributed by atoms with Crippen molar-refractivity contribution in [3.05, 3.63) is 154 Å². The van der Waals surface area contributed by atoms with E-state index in [1.54, 1.807) is 0 Å². The Bertz CT molecular complexity index is 2470. The Morgan fingerprint density at radius 1 is 0.377 bits per heavy atom. The molecule has 0 bridgehead atoms. The molecule has 3 N–H and O–H groups in total. The topological polar surface area (TPSA) is 75.2 Å². The molecule has 0 fully saturated rings. The van der Waals surface area contributed by atoms with Crippen LogP contribution in [-0.2, 0) is 0 Å². The number of halogens is 15. The molecule has 0 radical (unpaired) electrons. The van der Waals surface area contributed by atoms with Crippen LogP contribution in [0.1, 0.15) is 0 Å². The lowest BCUT2D eigenvalue weighted by atomic mass is 9.71. The second-order valence-electron chi connectivity index (χ2n) is 13.0. The summed E-state index contributed by atoms with van der Waals surface area (Å²) >= 11 is 0. The van der Waals surface area contributed by atoms with E-state index >= 15 is 0 Å². The number of hydrogen-bond acceptors (Lipinski definition) is 3. The molecule has 0 aliphatic carbocycles. The molecule has 21 heteroatoms. The largest absolute Gasteiger partial charge is 0.889 e. The van der Waals surface area contributed by atoms with Gasteiger partial charge >= 0.3 is 0 Å². The predicted octanol–water partition coefficient (Wildman–Crippen LogP) is 5.82. The van der Waals surface area contributed by atoms with Crippen LogP contribution in [-0.4, -0.2) is 40.4 Å². The second-order valence-corrected chi connectivity index (χ2v) is 13.0. The van der Waals surface area contributed by atoms with E-state index in [2.05, 4.69) is 76.7 Å². The Morgan fingerprint density at radius 2 is 0.639 bits per heavy atom. The molecule has 0 unspecified atom stereocenters. The van der Waals surface area contributed by atoms with Crippen LogP contribution in [0.3, 0.4) is 0 Å². The number of phenols is 1. The minimum Gasteiger partial charge on any atom is -0.889 e. The number of rotatable bonds is 6. The molecule has 0 saturated heterocycles. The molecular formula is C40H26BF15N2O3. The molecule has 0 amide bonds. The third-order valence-corrected chi connectivity index (χ3v) is 8.69. The van der Waals surface area contributed by atoms with Gasteiger partial charge in [0.05, 0.1) is 44.9 Å². The highest BCUT2D eigenvalue weighted by molar-refractivity contribution is 6.58. The zero-order chi connectivity index (χ0) is 45.9. The van der Waals surface area contributed by atoms with Crippen molar-refractivity contribution in [3.63, 3.8) is 0 Å². The van der Waals surface area contributed by atoms with E-state index in [0.717, 1.165) is 0 Å². The molecule has 6 aromatic carbocycles. The van der Waals surface area contributed by atoms with Crippen molar-refractivity contribution in [2.45, 2.75) is 0 Å². The van der Waals surface area contributed by atoms with Crippen molar-refractivity contribution in [2.75, 3.05) is 28.2 Å². The van der Waals surface area contributed by atoms with Crippen LogP contribution in [0.4, 0.5) is 77.2 Å². The lowest BCUT2D eigenvalue weighted by molar-refractivity contribution is -0.786. The summed E-state index contributed by atoms with van der Waals surface area (Å²) < 4.78 is 214. The van der Waals surface area contributed by atoms with Gasteiger partial charge in [-0.1, -0.05) is 49.6 Å². The molecule has 0 aliphatic heterocycles. The summed E-state index contributed by atoms with van der Waals surface area (Å²) in [5.41, 5.74) is -13.6. The number of nitrogens with one attached hydrogen (secondary N) is 2. The number of aromatic hydroxyl groups is 1. The zero-order valence-corrected chi connectivity index (χ0v) is 31.4. The first-order valence-electron chi connectivity index (χ1n) is 17.0. The van der Waals surface area contributed by atoms with Crippen LogP contribution >= 0.6 is 0 Å². The fraction of sp³-hybridized carbons (Fsp3) is 0.100. The summed E-state index contributed by atoms with van der Waals surface area (Å²) in [6.07, 6.45) is 0. The Morgan fingerprint density at radius 3 is 0.902 bits per heavy atom. The van der Waals surface area contributed by atoms with Crippen molar-refractivity contribution in [2.24, 2.45) is 0 Å². The van der Waals surface area contributed by atoms with Gasteiger partial charge in [-0.05, 0) is 29.8 Å². The lowest BCUT2D eigenvalue weighted by Crippen LogP contribution is -3.00. The van der Waals surface area contributed by atoms with Crippen LogP contribution < -0.4 is 25.3 Å². The average molecular weight is 878 g/mol. The van der Waals surface area contributed by atoms with Gasteiger partial charge in [0.15, 0.2) is 69.8 Å². The first-order valence-corrected chi connectivity index (χ1v) is 17.0. The maximum atomic E-state index is 14.9. The van der Waals surface area contributed by atoms with Crippen molar-refractivity contribution in [1.82, 2.24) is 0 Å². The first-order chi connectivity index (χ1) is 28.5. The maximum Gasteiger partial charge on any atom is 0.200 e. The maximum absolute atomic E-state index is 14.9. The van der Waals surface area contributed by atoms with E-state index in [-0.39, 0.29) is 0 Å². The number of benzene rings is 6. The Hall–Kier alpha value is -6.03. The summed E-state index contributed by atoms with van der Waals surface area (Å²) in [5.74, 6) is -46.4. The number of para-hydroxylation sites is 2. The van der Waals surface area contributed by atoms with Gasteiger partial charge in [0, 0.05) is 11.1 Å². The molecule has 0 atom stereocenters. The van der Waals surface area contributed by atoms with Crippen LogP contribution in [0.25, 0.3) is 33.4 Å². The molecule has 5 nitrogen and oxygen atoms in total. The molecule has 0 aromatic heterocycles. The molecule has 322 valence electrons. The third-order valence-electron chi connectivity index (χ3n) is 8.69. The van der Waals surface area contributed by atoms with E-state index in [0.29, 0.717) is 0 Å². The smallest absolute Gasteiger partial charge is 0.200 e. The highest BCUT2D eigenvalue weighted by Gasteiger charge is 2.37. The zero-order valence-electron chi connectivity index (χ0n) is 31.4. The molecule has 61 heavy (non-hydrogen) atoms. The van der Waals surface area contributed by atoms with Crippen LogP contribution in [0.5, 0.6) is 5.75 Å². The predicted molar refractivity (Wildman–Crippen MR) is 187 cm³/mol. The quantitative estimate of drug-likeness (QED) is 0.0856. The fourth-order valence-corrected chi connectivity index (χ4v) is 5.62. The van der Waals surface area contributed by atoms with Crippen molar-refractivity contribution < 1.29 is 90.8 Å². The number of hydrogen-bond donors (Lipinski definition) is 3. The minimum absolute atomic E-state index is 0.415. The average Bonchev–Trinajstić information content (AvgIpc) is 3.24. The Labute approximate surface area is 335 Å². The van der Waals surface area contributed by atoms with Gasteiger partial charge in [-0.25, -0.2) is 65.9 Å². The van der Waals surface area contributed by atoms with Gasteiger partial charge in [-0.3, -0.25) is 0 Å². The molecule has 0 saturated carbocycles. The molecule has 0 heterocycles. The van der Waals surface area contributed by atoms with Crippen molar-refractivity contribution in [1.29, 1.82) is 0 Å². The third kappa shape index (κ3) is 9.19. The van der Waals surface area contributed by atoms with E-state index in [4.69, 9.17) is 0 Å². The SMILES string of the molecule is C[NH+](C)c1ccccc1.C[NH+](C)c1ccccc1.[O-]B([O-])c1cc(-c2c(F)c(F)c(F)c(F)c2F)c(O)c(-c2c(F)c(F)c(F)c(F)c2F)c1-c1c(F)c(F)c(F)c(F)c1F. The van der Waals surface area contributed by atoms with Gasteiger partial charge in [0.2, 0.25) is 17.5 Å². The van der Waals surface area contributed by atoms with E-state index < -0.39 is 145 Å². The molecule has 6 rings (SSSR count). The van der Waals surface area contributed by atoms with Crippen LogP contribution in [0.15, 0.2) is 66.7 Å². The van der Waals surface area contributed by atoms with E-state index in [1.807, 2.05) is 12.1 Å². The minimum atomic E-state index is -3.93.